The minimum atomic E-state index is -3.42. The van der Waals surface area contributed by atoms with Crippen molar-refractivity contribution in [2.75, 3.05) is 33.2 Å². The molecule has 1 aliphatic heterocycles. The van der Waals surface area contributed by atoms with Gasteiger partial charge in [-0.3, -0.25) is 9.59 Å². The van der Waals surface area contributed by atoms with E-state index in [2.05, 4.69) is 11.9 Å². The summed E-state index contributed by atoms with van der Waals surface area (Å²) >= 11 is 0. The Bertz CT molecular complexity index is 756. The summed E-state index contributed by atoms with van der Waals surface area (Å²) in [7, 11) is -1.86. The Kier molecular flexibility index (Phi) is 7.55. The third-order valence-corrected chi connectivity index (χ3v) is 7.11. The highest BCUT2D eigenvalue weighted by Crippen LogP contribution is 2.22. The molecule has 0 spiro atoms. The van der Waals surface area contributed by atoms with Crippen LogP contribution in [-0.4, -0.2) is 67.9 Å². The summed E-state index contributed by atoms with van der Waals surface area (Å²) in [5.74, 6) is -0.325. The zero-order valence-electron chi connectivity index (χ0n) is 15.6. The summed E-state index contributed by atoms with van der Waals surface area (Å²) < 4.78 is 26.8. The number of sulfonamides is 1. The molecule has 0 saturated carbocycles. The predicted octanol–water partition coefficient (Wildman–Crippen LogP) is 1.25. The van der Waals surface area contributed by atoms with Gasteiger partial charge in [0, 0.05) is 38.8 Å². The number of hydrogen-bond acceptors (Lipinski definition) is 4. The lowest BCUT2D eigenvalue weighted by Crippen LogP contribution is -2.46. The minimum absolute atomic E-state index is 0.0576. The van der Waals surface area contributed by atoms with Crippen LogP contribution < -0.4 is 5.32 Å². The van der Waals surface area contributed by atoms with Crippen LogP contribution in [0.3, 0.4) is 0 Å². The third kappa shape index (κ3) is 5.64. The molecule has 1 N–H and O–H groups in total. The van der Waals surface area contributed by atoms with E-state index in [1.54, 1.807) is 24.1 Å². The highest BCUT2D eigenvalue weighted by molar-refractivity contribution is 7.89. The standard InChI is InChI=1S/C19H27N3O4S/c1-3-18(23)20-12-7-13-21(2)27(25,26)17-10-14-22(15-11-17)19(24)16-8-5-4-6-9-16/h3-6,8-9,17H,1,7,10-15H2,2H3,(H,20,23). The molecule has 1 heterocycles. The molecule has 0 bridgehead atoms. The fraction of sp³-hybridized carbons (Fsp3) is 0.474. The number of rotatable bonds is 8. The van der Waals surface area contributed by atoms with Crippen molar-refractivity contribution in [3.63, 3.8) is 0 Å². The molecular weight excluding hydrogens is 366 g/mol. The van der Waals surface area contributed by atoms with Gasteiger partial charge in [0.05, 0.1) is 5.25 Å². The minimum Gasteiger partial charge on any atom is -0.353 e. The molecule has 0 aliphatic carbocycles. The first-order valence-electron chi connectivity index (χ1n) is 9.06. The van der Waals surface area contributed by atoms with Crippen LogP contribution in [0.5, 0.6) is 0 Å². The van der Waals surface area contributed by atoms with Gasteiger partial charge in [0.25, 0.3) is 5.91 Å². The van der Waals surface area contributed by atoms with E-state index < -0.39 is 15.3 Å². The molecule has 1 aliphatic rings. The molecule has 2 amide bonds. The summed E-state index contributed by atoms with van der Waals surface area (Å²) in [6.07, 6.45) is 2.57. The van der Waals surface area contributed by atoms with Gasteiger partial charge in [0.15, 0.2) is 0 Å². The van der Waals surface area contributed by atoms with Gasteiger partial charge >= 0.3 is 0 Å². The molecular formula is C19H27N3O4S. The van der Waals surface area contributed by atoms with Gasteiger partial charge in [0.1, 0.15) is 0 Å². The molecule has 2 rings (SSSR count). The third-order valence-electron chi connectivity index (χ3n) is 4.74. The second kappa shape index (κ2) is 9.66. The van der Waals surface area contributed by atoms with E-state index in [9.17, 15) is 18.0 Å². The normalized spacial score (nSPS) is 15.6. The summed E-state index contributed by atoms with van der Waals surface area (Å²) in [5, 5.41) is 2.15. The van der Waals surface area contributed by atoms with Gasteiger partial charge in [0.2, 0.25) is 15.9 Å². The second-order valence-corrected chi connectivity index (χ2v) is 8.89. The molecule has 148 valence electrons. The Morgan fingerprint density at radius 3 is 2.48 bits per heavy atom. The van der Waals surface area contributed by atoms with Gasteiger partial charge in [-0.1, -0.05) is 24.8 Å². The van der Waals surface area contributed by atoms with Crippen LogP contribution in [0.1, 0.15) is 29.6 Å². The second-order valence-electron chi connectivity index (χ2n) is 6.57. The van der Waals surface area contributed by atoms with Gasteiger partial charge in [-0.05, 0) is 37.5 Å². The first kappa shape index (κ1) is 21.1. The van der Waals surface area contributed by atoms with Gasteiger partial charge in [-0.15, -0.1) is 0 Å². The fourth-order valence-corrected chi connectivity index (χ4v) is 4.79. The van der Waals surface area contributed by atoms with Crippen LogP contribution in [0.15, 0.2) is 43.0 Å². The maximum absolute atomic E-state index is 12.7. The first-order valence-corrected chi connectivity index (χ1v) is 10.6. The van der Waals surface area contributed by atoms with Crippen LogP contribution in [0.2, 0.25) is 0 Å². The SMILES string of the molecule is C=CC(=O)NCCCN(C)S(=O)(=O)C1CCN(C(=O)c2ccccc2)CC1. The summed E-state index contributed by atoms with van der Waals surface area (Å²) in [5.41, 5.74) is 0.623. The molecule has 27 heavy (non-hydrogen) atoms. The fourth-order valence-electron chi connectivity index (χ4n) is 3.09. The van der Waals surface area contributed by atoms with Crippen LogP contribution in [0.25, 0.3) is 0 Å². The van der Waals surface area contributed by atoms with Crippen LogP contribution in [0.4, 0.5) is 0 Å². The zero-order valence-corrected chi connectivity index (χ0v) is 16.5. The molecule has 0 atom stereocenters. The van der Waals surface area contributed by atoms with Crippen molar-refractivity contribution in [2.45, 2.75) is 24.5 Å². The topological polar surface area (TPSA) is 86.8 Å². The molecule has 1 saturated heterocycles. The van der Waals surface area contributed by atoms with E-state index in [1.165, 1.54) is 10.4 Å². The Morgan fingerprint density at radius 1 is 1.26 bits per heavy atom. The Labute approximate surface area is 161 Å². The van der Waals surface area contributed by atoms with Crippen molar-refractivity contribution in [1.82, 2.24) is 14.5 Å². The number of nitrogens with one attached hydrogen (secondary N) is 1. The first-order chi connectivity index (χ1) is 12.9. The molecule has 8 heteroatoms. The maximum atomic E-state index is 12.7. The average Bonchev–Trinajstić information content (AvgIpc) is 2.70. The van der Waals surface area contributed by atoms with Crippen molar-refractivity contribution in [3.05, 3.63) is 48.6 Å². The number of nitrogens with zero attached hydrogens (tertiary/aromatic N) is 2. The highest BCUT2D eigenvalue weighted by Gasteiger charge is 2.34. The molecule has 0 aromatic heterocycles. The Morgan fingerprint density at radius 2 is 1.89 bits per heavy atom. The van der Waals surface area contributed by atoms with Crippen molar-refractivity contribution in [2.24, 2.45) is 0 Å². The van der Waals surface area contributed by atoms with Gasteiger partial charge in [-0.2, -0.15) is 0 Å². The van der Waals surface area contributed by atoms with E-state index in [0.717, 1.165) is 0 Å². The van der Waals surface area contributed by atoms with E-state index in [0.29, 0.717) is 51.0 Å². The van der Waals surface area contributed by atoms with E-state index >= 15 is 0 Å². The lowest BCUT2D eigenvalue weighted by atomic mass is 10.1. The van der Waals surface area contributed by atoms with E-state index in [4.69, 9.17) is 0 Å². The lowest BCUT2D eigenvalue weighted by Gasteiger charge is -2.33. The van der Waals surface area contributed by atoms with Crippen LogP contribution in [0, 0.1) is 0 Å². The predicted molar refractivity (Wildman–Crippen MR) is 105 cm³/mol. The highest BCUT2D eigenvalue weighted by atomic mass is 32.2. The Balaban J connectivity index is 1.83. The van der Waals surface area contributed by atoms with E-state index in [-0.39, 0.29) is 11.8 Å². The molecule has 7 nitrogen and oxygen atoms in total. The van der Waals surface area contributed by atoms with Gasteiger partial charge < -0.3 is 10.2 Å². The largest absolute Gasteiger partial charge is 0.353 e. The summed E-state index contributed by atoms with van der Waals surface area (Å²) in [6.45, 7) is 4.96. The average molecular weight is 394 g/mol. The molecule has 0 unspecified atom stereocenters. The molecule has 1 fully saturated rings. The smallest absolute Gasteiger partial charge is 0.253 e. The van der Waals surface area contributed by atoms with Crippen molar-refractivity contribution >= 4 is 21.8 Å². The number of likely N-dealkylation sites (tertiary alicyclic amines) is 1. The number of piperidine rings is 1. The van der Waals surface area contributed by atoms with Crippen LogP contribution in [-0.2, 0) is 14.8 Å². The molecule has 0 radical (unpaired) electrons. The van der Waals surface area contributed by atoms with Crippen LogP contribution >= 0.6 is 0 Å². The lowest BCUT2D eigenvalue weighted by molar-refractivity contribution is -0.116. The molecule has 1 aromatic carbocycles. The summed E-state index contributed by atoms with van der Waals surface area (Å²) in [4.78, 5) is 25.3. The number of carbonyl (C=O) groups excluding carboxylic acids is 2. The van der Waals surface area contributed by atoms with E-state index in [1.807, 2.05) is 18.2 Å². The Hall–Kier alpha value is -2.19. The zero-order chi connectivity index (χ0) is 19.9. The number of amides is 2. The number of carbonyl (C=O) groups is 2. The number of benzene rings is 1. The van der Waals surface area contributed by atoms with Crippen molar-refractivity contribution < 1.29 is 18.0 Å². The maximum Gasteiger partial charge on any atom is 0.253 e. The molecule has 1 aromatic rings. The number of hydrogen-bond donors (Lipinski definition) is 1. The van der Waals surface area contributed by atoms with Crippen molar-refractivity contribution in [1.29, 1.82) is 0 Å². The monoisotopic (exact) mass is 393 g/mol. The van der Waals surface area contributed by atoms with Gasteiger partial charge in [-0.25, -0.2) is 12.7 Å². The quantitative estimate of drug-likeness (QED) is 0.532. The summed E-state index contributed by atoms with van der Waals surface area (Å²) in [6, 6.07) is 9.02. The van der Waals surface area contributed by atoms with Crippen molar-refractivity contribution in [3.8, 4) is 0 Å².